The Morgan fingerprint density at radius 2 is 1.48 bits per heavy atom. The van der Waals surface area contributed by atoms with Gasteiger partial charge >= 0.3 is 0 Å². The van der Waals surface area contributed by atoms with Gasteiger partial charge in [-0.3, -0.25) is 4.90 Å². The third-order valence-corrected chi connectivity index (χ3v) is 4.67. The number of para-hydroxylation sites is 1. The maximum Gasteiger partial charge on any atom is 0.0367 e. The predicted molar refractivity (Wildman–Crippen MR) is 97.8 cm³/mol. The zero-order valence-electron chi connectivity index (χ0n) is 14.0. The molecule has 1 aliphatic rings. The van der Waals surface area contributed by atoms with Gasteiger partial charge in [0.25, 0.3) is 0 Å². The third-order valence-electron chi connectivity index (χ3n) is 4.67. The summed E-state index contributed by atoms with van der Waals surface area (Å²) in [6, 6.07) is 21.9. The van der Waals surface area contributed by atoms with E-state index in [1.165, 1.54) is 11.3 Å². The van der Waals surface area contributed by atoms with Crippen LogP contribution in [0.25, 0.3) is 0 Å². The Balaban J connectivity index is 1.41. The Morgan fingerprint density at radius 1 is 0.870 bits per heavy atom. The van der Waals surface area contributed by atoms with Crippen molar-refractivity contribution in [1.29, 1.82) is 0 Å². The lowest BCUT2D eigenvalue weighted by Crippen LogP contribution is -2.51. The summed E-state index contributed by atoms with van der Waals surface area (Å²) < 4.78 is 0. The molecule has 23 heavy (non-hydrogen) atoms. The SMILES string of the molecule is CC(CNCc1ccccc1)N1CCN(c2ccccc2)CC1. The summed E-state index contributed by atoms with van der Waals surface area (Å²) in [5.74, 6) is 0. The first-order valence-corrected chi connectivity index (χ1v) is 8.61. The Bertz CT molecular complexity index is 562. The highest BCUT2D eigenvalue weighted by Gasteiger charge is 2.20. The fourth-order valence-electron chi connectivity index (χ4n) is 3.21. The second-order valence-corrected chi connectivity index (χ2v) is 6.32. The third kappa shape index (κ3) is 4.57. The van der Waals surface area contributed by atoms with Crippen LogP contribution < -0.4 is 10.2 Å². The van der Waals surface area contributed by atoms with E-state index in [4.69, 9.17) is 0 Å². The van der Waals surface area contributed by atoms with E-state index < -0.39 is 0 Å². The molecule has 0 saturated carbocycles. The van der Waals surface area contributed by atoms with Crippen molar-refractivity contribution in [2.75, 3.05) is 37.6 Å². The standard InChI is InChI=1S/C20H27N3/c1-18(16-21-17-19-8-4-2-5-9-19)22-12-14-23(15-13-22)20-10-6-3-7-11-20/h2-11,18,21H,12-17H2,1H3. The molecule has 0 amide bonds. The van der Waals surface area contributed by atoms with E-state index >= 15 is 0 Å². The number of benzene rings is 2. The second kappa shape index (κ2) is 8.14. The molecule has 3 rings (SSSR count). The van der Waals surface area contributed by atoms with Gasteiger partial charge in [0, 0.05) is 51.0 Å². The van der Waals surface area contributed by atoms with Gasteiger partial charge in [-0.25, -0.2) is 0 Å². The Hall–Kier alpha value is -1.84. The molecule has 3 nitrogen and oxygen atoms in total. The highest BCUT2D eigenvalue weighted by Crippen LogP contribution is 2.16. The molecule has 1 N–H and O–H groups in total. The van der Waals surface area contributed by atoms with Crippen LogP contribution in [0.2, 0.25) is 0 Å². The van der Waals surface area contributed by atoms with Crippen LogP contribution in [0, 0.1) is 0 Å². The van der Waals surface area contributed by atoms with Crippen molar-refractivity contribution in [2.24, 2.45) is 0 Å². The predicted octanol–water partition coefficient (Wildman–Crippen LogP) is 2.99. The molecular formula is C20H27N3. The second-order valence-electron chi connectivity index (χ2n) is 6.32. The van der Waals surface area contributed by atoms with E-state index in [9.17, 15) is 0 Å². The van der Waals surface area contributed by atoms with Crippen LogP contribution in [0.1, 0.15) is 12.5 Å². The molecule has 0 bridgehead atoms. The molecule has 2 aromatic carbocycles. The summed E-state index contributed by atoms with van der Waals surface area (Å²) in [4.78, 5) is 5.08. The molecule has 1 atom stereocenters. The first-order valence-electron chi connectivity index (χ1n) is 8.61. The van der Waals surface area contributed by atoms with E-state index in [0.717, 1.165) is 39.3 Å². The normalized spacial score (nSPS) is 17.2. The van der Waals surface area contributed by atoms with Crippen molar-refractivity contribution in [3.05, 3.63) is 66.2 Å². The van der Waals surface area contributed by atoms with Gasteiger partial charge in [-0.05, 0) is 24.6 Å². The lowest BCUT2D eigenvalue weighted by atomic mass is 10.2. The van der Waals surface area contributed by atoms with Crippen molar-refractivity contribution >= 4 is 5.69 Å². The minimum atomic E-state index is 0.580. The molecule has 1 aliphatic heterocycles. The number of nitrogens with zero attached hydrogens (tertiary/aromatic N) is 2. The summed E-state index contributed by atoms with van der Waals surface area (Å²) in [7, 11) is 0. The van der Waals surface area contributed by atoms with E-state index in [1.54, 1.807) is 0 Å². The average molecular weight is 309 g/mol. The molecule has 122 valence electrons. The minimum absolute atomic E-state index is 0.580. The maximum absolute atomic E-state index is 3.59. The summed E-state index contributed by atoms with van der Waals surface area (Å²) in [6.07, 6.45) is 0. The summed E-state index contributed by atoms with van der Waals surface area (Å²) in [5, 5.41) is 3.59. The number of piperazine rings is 1. The number of hydrogen-bond donors (Lipinski definition) is 1. The van der Waals surface area contributed by atoms with Crippen LogP contribution in [0.4, 0.5) is 5.69 Å². The molecule has 0 radical (unpaired) electrons. The maximum atomic E-state index is 3.59. The van der Waals surface area contributed by atoms with E-state index in [-0.39, 0.29) is 0 Å². The van der Waals surface area contributed by atoms with Crippen molar-refractivity contribution in [3.8, 4) is 0 Å². The van der Waals surface area contributed by atoms with Gasteiger partial charge in [0.15, 0.2) is 0 Å². The lowest BCUT2D eigenvalue weighted by molar-refractivity contribution is 0.193. The van der Waals surface area contributed by atoms with Crippen molar-refractivity contribution in [2.45, 2.75) is 19.5 Å². The Morgan fingerprint density at radius 3 is 2.13 bits per heavy atom. The fraction of sp³-hybridized carbons (Fsp3) is 0.400. The van der Waals surface area contributed by atoms with E-state index in [0.29, 0.717) is 6.04 Å². The van der Waals surface area contributed by atoms with Crippen LogP contribution in [-0.4, -0.2) is 43.7 Å². The molecule has 2 aromatic rings. The highest BCUT2D eigenvalue weighted by molar-refractivity contribution is 5.46. The number of rotatable bonds is 6. The van der Waals surface area contributed by atoms with Gasteiger partial charge in [0.05, 0.1) is 0 Å². The van der Waals surface area contributed by atoms with E-state index in [1.807, 2.05) is 0 Å². The molecule has 0 aromatic heterocycles. The average Bonchev–Trinajstić information content (AvgIpc) is 2.63. The van der Waals surface area contributed by atoms with Crippen molar-refractivity contribution < 1.29 is 0 Å². The molecule has 1 heterocycles. The van der Waals surface area contributed by atoms with Gasteiger partial charge in [-0.2, -0.15) is 0 Å². The quantitative estimate of drug-likeness (QED) is 0.885. The minimum Gasteiger partial charge on any atom is -0.369 e. The number of hydrogen-bond acceptors (Lipinski definition) is 3. The molecule has 1 saturated heterocycles. The summed E-state index contributed by atoms with van der Waals surface area (Å²) in [5.41, 5.74) is 2.70. The smallest absolute Gasteiger partial charge is 0.0367 e. The molecular weight excluding hydrogens is 282 g/mol. The van der Waals surface area contributed by atoms with E-state index in [2.05, 4.69) is 82.7 Å². The Kier molecular flexibility index (Phi) is 5.67. The van der Waals surface area contributed by atoms with Gasteiger partial charge < -0.3 is 10.2 Å². The molecule has 3 heteroatoms. The van der Waals surface area contributed by atoms with Crippen LogP contribution in [-0.2, 0) is 6.54 Å². The monoisotopic (exact) mass is 309 g/mol. The fourth-order valence-corrected chi connectivity index (χ4v) is 3.21. The van der Waals surface area contributed by atoms with Gasteiger partial charge in [-0.1, -0.05) is 48.5 Å². The van der Waals surface area contributed by atoms with Crippen LogP contribution >= 0.6 is 0 Å². The summed E-state index contributed by atoms with van der Waals surface area (Å²) in [6.45, 7) is 8.85. The topological polar surface area (TPSA) is 18.5 Å². The zero-order chi connectivity index (χ0) is 15.9. The number of nitrogens with one attached hydrogen (secondary N) is 1. The molecule has 0 aliphatic carbocycles. The summed E-state index contributed by atoms with van der Waals surface area (Å²) >= 11 is 0. The molecule has 0 spiro atoms. The lowest BCUT2D eigenvalue weighted by Gasteiger charge is -2.39. The van der Waals surface area contributed by atoms with Crippen LogP contribution in [0.5, 0.6) is 0 Å². The van der Waals surface area contributed by atoms with Crippen LogP contribution in [0.3, 0.4) is 0 Å². The first kappa shape index (κ1) is 16.0. The van der Waals surface area contributed by atoms with Gasteiger partial charge in [0.1, 0.15) is 0 Å². The van der Waals surface area contributed by atoms with Gasteiger partial charge in [0.2, 0.25) is 0 Å². The zero-order valence-corrected chi connectivity index (χ0v) is 14.0. The van der Waals surface area contributed by atoms with Crippen LogP contribution in [0.15, 0.2) is 60.7 Å². The number of anilines is 1. The Labute approximate surface area is 139 Å². The van der Waals surface area contributed by atoms with Gasteiger partial charge in [-0.15, -0.1) is 0 Å². The van der Waals surface area contributed by atoms with Crippen molar-refractivity contribution in [1.82, 2.24) is 10.2 Å². The van der Waals surface area contributed by atoms with Crippen molar-refractivity contribution in [3.63, 3.8) is 0 Å². The largest absolute Gasteiger partial charge is 0.369 e. The molecule has 1 unspecified atom stereocenters. The highest BCUT2D eigenvalue weighted by atomic mass is 15.3. The first-order chi connectivity index (χ1) is 11.3. The molecule has 1 fully saturated rings.